The second kappa shape index (κ2) is 5.96. The van der Waals surface area contributed by atoms with Gasteiger partial charge in [0.2, 0.25) is 5.91 Å². The number of amides is 1. The van der Waals surface area contributed by atoms with Crippen LogP contribution in [0.2, 0.25) is 0 Å². The number of hydrazone groups is 1. The lowest BCUT2D eigenvalue weighted by atomic mass is 9.89. The lowest BCUT2D eigenvalue weighted by Gasteiger charge is -2.19. The number of carbonyl (C=O) groups is 1. The summed E-state index contributed by atoms with van der Waals surface area (Å²) in [6, 6.07) is 3.93. The van der Waals surface area contributed by atoms with Gasteiger partial charge in [0, 0.05) is 10.6 Å². The Kier molecular flexibility index (Phi) is 4.31. The fourth-order valence-electron chi connectivity index (χ4n) is 2.08. The van der Waals surface area contributed by atoms with Gasteiger partial charge in [0.25, 0.3) is 0 Å². The third-order valence-corrected chi connectivity index (χ3v) is 4.00. The molecule has 1 aliphatic rings. The Hall–Kier alpha value is -1.16. The molecule has 17 heavy (non-hydrogen) atoms. The molecule has 0 aliphatic heterocycles. The van der Waals surface area contributed by atoms with Crippen molar-refractivity contribution < 1.29 is 4.79 Å². The SMILES string of the molecule is C[C@@H]1CCCCC1=NNC(=O)Cc1cccs1. The monoisotopic (exact) mass is 250 g/mol. The average molecular weight is 250 g/mol. The van der Waals surface area contributed by atoms with E-state index in [0.29, 0.717) is 12.3 Å². The fraction of sp³-hybridized carbons (Fsp3) is 0.538. The molecule has 0 spiro atoms. The number of rotatable bonds is 3. The molecule has 0 aromatic carbocycles. The van der Waals surface area contributed by atoms with E-state index < -0.39 is 0 Å². The van der Waals surface area contributed by atoms with Crippen molar-refractivity contribution in [3.63, 3.8) is 0 Å². The van der Waals surface area contributed by atoms with Gasteiger partial charge in [-0.2, -0.15) is 5.10 Å². The zero-order chi connectivity index (χ0) is 12.1. The first-order valence-corrected chi connectivity index (χ1v) is 7.01. The van der Waals surface area contributed by atoms with Crippen LogP contribution < -0.4 is 5.43 Å². The van der Waals surface area contributed by atoms with E-state index in [9.17, 15) is 4.79 Å². The van der Waals surface area contributed by atoms with Gasteiger partial charge in [-0.3, -0.25) is 4.79 Å². The highest BCUT2D eigenvalue weighted by Crippen LogP contribution is 2.20. The summed E-state index contributed by atoms with van der Waals surface area (Å²) in [5.41, 5.74) is 3.83. The van der Waals surface area contributed by atoms with Gasteiger partial charge in [-0.05, 0) is 36.6 Å². The third-order valence-electron chi connectivity index (χ3n) is 3.13. The van der Waals surface area contributed by atoms with Crippen LogP contribution in [0.4, 0.5) is 0 Å². The Morgan fingerprint density at radius 1 is 1.59 bits per heavy atom. The van der Waals surface area contributed by atoms with Gasteiger partial charge >= 0.3 is 0 Å². The summed E-state index contributed by atoms with van der Waals surface area (Å²) in [6.07, 6.45) is 5.14. The summed E-state index contributed by atoms with van der Waals surface area (Å²) in [5.74, 6) is 0.503. The van der Waals surface area contributed by atoms with Gasteiger partial charge < -0.3 is 0 Å². The second-order valence-corrected chi connectivity index (χ2v) is 5.57. The van der Waals surface area contributed by atoms with Gasteiger partial charge in [0.1, 0.15) is 0 Å². The summed E-state index contributed by atoms with van der Waals surface area (Å²) in [4.78, 5) is 12.7. The molecule has 1 N–H and O–H groups in total. The van der Waals surface area contributed by atoms with Crippen LogP contribution in [0.5, 0.6) is 0 Å². The minimum absolute atomic E-state index is 0.0160. The van der Waals surface area contributed by atoms with Crippen molar-refractivity contribution in [2.75, 3.05) is 0 Å². The van der Waals surface area contributed by atoms with Gasteiger partial charge in [-0.1, -0.05) is 19.4 Å². The van der Waals surface area contributed by atoms with Crippen molar-refractivity contribution >= 4 is 23.0 Å². The normalized spacial score (nSPS) is 22.6. The Morgan fingerprint density at radius 2 is 2.47 bits per heavy atom. The topological polar surface area (TPSA) is 41.5 Å². The largest absolute Gasteiger partial charge is 0.273 e. The molecule has 1 aromatic heterocycles. The van der Waals surface area contributed by atoms with Crippen LogP contribution in [0, 0.1) is 5.92 Å². The first-order chi connectivity index (χ1) is 8.25. The molecule has 1 saturated carbocycles. The summed E-state index contributed by atoms with van der Waals surface area (Å²) in [5, 5.41) is 6.25. The Bertz CT molecular complexity index is 398. The highest BCUT2D eigenvalue weighted by Gasteiger charge is 2.16. The van der Waals surface area contributed by atoms with E-state index in [4.69, 9.17) is 0 Å². The zero-order valence-corrected chi connectivity index (χ0v) is 10.9. The number of nitrogens with one attached hydrogen (secondary N) is 1. The number of nitrogens with zero attached hydrogens (tertiary/aromatic N) is 1. The maximum atomic E-state index is 11.6. The molecule has 0 saturated heterocycles. The molecule has 4 heteroatoms. The zero-order valence-electron chi connectivity index (χ0n) is 10.1. The standard InChI is InChI=1S/C13H18N2OS/c1-10-5-2-3-7-12(10)14-15-13(16)9-11-6-4-8-17-11/h4,6,8,10H,2-3,5,7,9H2,1H3,(H,15,16)/t10-/m1/s1. The van der Waals surface area contributed by atoms with E-state index in [1.165, 1.54) is 19.3 Å². The quantitative estimate of drug-likeness (QED) is 0.823. The molecular weight excluding hydrogens is 232 g/mol. The Morgan fingerprint density at radius 3 is 3.18 bits per heavy atom. The van der Waals surface area contributed by atoms with E-state index in [-0.39, 0.29) is 5.91 Å². The van der Waals surface area contributed by atoms with Crippen LogP contribution in [0.25, 0.3) is 0 Å². The van der Waals surface area contributed by atoms with Crippen LogP contribution >= 0.6 is 11.3 Å². The minimum Gasteiger partial charge on any atom is -0.273 e. The average Bonchev–Trinajstić information content (AvgIpc) is 2.81. The lowest BCUT2D eigenvalue weighted by Crippen LogP contribution is -2.25. The van der Waals surface area contributed by atoms with E-state index in [0.717, 1.165) is 17.0 Å². The van der Waals surface area contributed by atoms with Gasteiger partial charge in [0.15, 0.2) is 0 Å². The first-order valence-electron chi connectivity index (χ1n) is 6.13. The molecule has 92 valence electrons. The Labute approximate surface area is 106 Å². The van der Waals surface area contributed by atoms with Crippen molar-refractivity contribution in [3.8, 4) is 0 Å². The van der Waals surface area contributed by atoms with E-state index in [2.05, 4.69) is 17.5 Å². The molecule has 2 rings (SSSR count). The maximum absolute atomic E-state index is 11.6. The van der Waals surface area contributed by atoms with Gasteiger partial charge in [0.05, 0.1) is 6.42 Å². The van der Waals surface area contributed by atoms with Crippen molar-refractivity contribution in [2.24, 2.45) is 11.0 Å². The number of thiophene rings is 1. The summed E-state index contributed by atoms with van der Waals surface area (Å²) in [6.45, 7) is 2.18. The molecule has 0 radical (unpaired) electrons. The maximum Gasteiger partial charge on any atom is 0.245 e. The predicted octanol–water partition coefficient (Wildman–Crippen LogP) is 2.97. The molecule has 1 aromatic rings. The summed E-state index contributed by atoms with van der Waals surface area (Å²) in [7, 11) is 0. The first kappa shape index (κ1) is 12.3. The van der Waals surface area contributed by atoms with Gasteiger partial charge in [-0.25, -0.2) is 5.43 Å². The van der Waals surface area contributed by atoms with Crippen molar-refractivity contribution in [1.29, 1.82) is 0 Å². The summed E-state index contributed by atoms with van der Waals surface area (Å²) >= 11 is 1.60. The van der Waals surface area contributed by atoms with Gasteiger partial charge in [-0.15, -0.1) is 11.3 Å². The minimum atomic E-state index is -0.0160. The molecule has 3 nitrogen and oxygen atoms in total. The molecule has 0 bridgehead atoms. The van der Waals surface area contributed by atoms with E-state index in [1.54, 1.807) is 11.3 Å². The molecule has 1 amide bonds. The van der Waals surface area contributed by atoms with Crippen LogP contribution in [0.15, 0.2) is 22.6 Å². The molecule has 1 atom stereocenters. The smallest absolute Gasteiger partial charge is 0.245 e. The number of hydrogen-bond donors (Lipinski definition) is 1. The lowest BCUT2D eigenvalue weighted by molar-refractivity contribution is -0.120. The third kappa shape index (κ3) is 3.66. The number of hydrogen-bond acceptors (Lipinski definition) is 3. The molecule has 1 fully saturated rings. The second-order valence-electron chi connectivity index (χ2n) is 4.54. The number of carbonyl (C=O) groups excluding carboxylic acids is 1. The highest BCUT2D eigenvalue weighted by atomic mass is 32.1. The molecular formula is C13H18N2OS. The van der Waals surface area contributed by atoms with Crippen molar-refractivity contribution in [3.05, 3.63) is 22.4 Å². The summed E-state index contributed by atoms with van der Waals surface area (Å²) < 4.78 is 0. The van der Waals surface area contributed by atoms with Crippen LogP contribution in [-0.2, 0) is 11.2 Å². The molecule has 0 unspecified atom stereocenters. The van der Waals surface area contributed by atoms with Crippen LogP contribution in [0.3, 0.4) is 0 Å². The highest BCUT2D eigenvalue weighted by molar-refractivity contribution is 7.10. The van der Waals surface area contributed by atoms with Crippen molar-refractivity contribution in [2.45, 2.75) is 39.0 Å². The Balaban J connectivity index is 1.84. The fourth-order valence-corrected chi connectivity index (χ4v) is 2.78. The molecule has 1 heterocycles. The van der Waals surface area contributed by atoms with Crippen LogP contribution in [0.1, 0.15) is 37.5 Å². The molecule has 1 aliphatic carbocycles. The van der Waals surface area contributed by atoms with E-state index >= 15 is 0 Å². The van der Waals surface area contributed by atoms with E-state index in [1.807, 2.05) is 17.5 Å². The van der Waals surface area contributed by atoms with Crippen molar-refractivity contribution in [1.82, 2.24) is 5.43 Å². The predicted molar refractivity (Wildman–Crippen MR) is 71.2 cm³/mol. The van der Waals surface area contributed by atoms with Crippen LogP contribution in [-0.4, -0.2) is 11.6 Å².